The summed E-state index contributed by atoms with van der Waals surface area (Å²) in [6.07, 6.45) is 1.70. The van der Waals surface area contributed by atoms with E-state index in [2.05, 4.69) is 20.6 Å². The minimum absolute atomic E-state index is 0.0529. The molecule has 186 valence electrons. The smallest absolute Gasteiger partial charge is 0.282 e. The van der Waals surface area contributed by atoms with Crippen molar-refractivity contribution >= 4 is 44.7 Å². The largest absolute Gasteiger partial charge is 0.497 e. The number of amides is 1. The maximum Gasteiger partial charge on any atom is 0.282 e. The molecule has 0 radical (unpaired) electrons. The number of hydrogen-bond donors (Lipinski definition) is 1. The van der Waals surface area contributed by atoms with E-state index in [4.69, 9.17) is 16.3 Å². The number of fused-ring (bicyclic) bond motifs is 1. The highest BCUT2D eigenvalue weighted by Crippen LogP contribution is 2.34. The Balaban J connectivity index is 1.31. The zero-order chi connectivity index (χ0) is 25.9. The zero-order valence-corrected chi connectivity index (χ0v) is 21.0. The summed E-state index contributed by atoms with van der Waals surface area (Å²) >= 11 is 7.41. The van der Waals surface area contributed by atoms with Gasteiger partial charge in [0.05, 0.1) is 41.5 Å². The number of carbonyl (C=O) groups excluding carboxylic acids is 1. The average Bonchev–Trinajstić information content (AvgIpc) is 3.53. The number of rotatable bonds is 8. The van der Waals surface area contributed by atoms with Gasteiger partial charge in [0.2, 0.25) is 0 Å². The van der Waals surface area contributed by atoms with E-state index in [9.17, 15) is 14.9 Å². The van der Waals surface area contributed by atoms with E-state index < -0.39 is 10.8 Å². The lowest BCUT2D eigenvalue weighted by atomic mass is 10.1. The van der Waals surface area contributed by atoms with E-state index in [0.717, 1.165) is 15.8 Å². The number of halogens is 1. The Morgan fingerprint density at radius 3 is 2.84 bits per heavy atom. The van der Waals surface area contributed by atoms with Crippen molar-refractivity contribution in [1.29, 1.82) is 0 Å². The molecule has 0 atom stereocenters. The Labute approximate surface area is 219 Å². The number of aromatic nitrogens is 4. The molecule has 2 heterocycles. The van der Waals surface area contributed by atoms with Crippen LogP contribution in [0.1, 0.15) is 21.6 Å². The molecule has 12 heteroatoms. The average molecular weight is 535 g/mol. The van der Waals surface area contributed by atoms with Crippen LogP contribution in [0, 0.1) is 10.1 Å². The minimum atomic E-state index is -0.586. The minimum Gasteiger partial charge on any atom is -0.497 e. The highest BCUT2D eigenvalue weighted by Gasteiger charge is 2.22. The molecule has 3 aromatic carbocycles. The van der Waals surface area contributed by atoms with E-state index in [-0.39, 0.29) is 17.8 Å². The number of ether oxygens (including phenoxy) is 1. The molecule has 1 N–H and O–H groups in total. The van der Waals surface area contributed by atoms with Crippen molar-refractivity contribution in [1.82, 2.24) is 25.3 Å². The molecular weight excluding hydrogens is 516 g/mol. The van der Waals surface area contributed by atoms with Crippen LogP contribution in [-0.2, 0) is 13.1 Å². The van der Waals surface area contributed by atoms with Gasteiger partial charge in [0.1, 0.15) is 22.0 Å². The van der Waals surface area contributed by atoms with E-state index in [0.29, 0.717) is 33.6 Å². The zero-order valence-electron chi connectivity index (χ0n) is 19.4. The second kappa shape index (κ2) is 10.3. The molecule has 0 fully saturated rings. The number of nitro benzene ring substituents is 1. The van der Waals surface area contributed by atoms with Crippen LogP contribution in [0.25, 0.3) is 20.8 Å². The Morgan fingerprint density at radius 2 is 2.05 bits per heavy atom. The van der Waals surface area contributed by atoms with Crippen molar-refractivity contribution < 1.29 is 14.5 Å². The van der Waals surface area contributed by atoms with E-state index in [1.165, 1.54) is 23.5 Å². The van der Waals surface area contributed by atoms with Gasteiger partial charge in [-0.25, -0.2) is 9.67 Å². The van der Waals surface area contributed by atoms with Gasteiger partial charge in [-0.2, -0.15) is 0 Å². The molecule has 0 unspecified atom stereocenters. The first-order valence-electron chi connectivity index (χ1n) is 11.0. The van der Waals surface area contributed by atoms with Crippen molar-refractivity contribution in [2.45, 2.75) is 13.1 Å². The van der Waals surface area contributed by atoms with Crippen molar-refractivity contribution in [2.24, 2.45) is 0 Å². The van der Waals surface area contributed by atoms with Gasteiger partial charge >= 0.3 is 0 Å². The molecule has 0 saturated carbocycles. The number of methoxy groups -OCH3 is 1. The maximum atomic E-state index is 12.8. The number of benzene rings is 3. The van der Waals surface area contributed by atoms with Crippen LogP contribution in [0.15, 0.2) is 66.9 Å². The lowest BCUT2D eigenvalue weighted by Crippen LogP contribution is -2.24. The SMILES string of the molecule is COc1ccc2nc(-c3ccc(C(=O)NCc4cn(Cc5cccc(Cl)c5)nn4)c([N+](=O)[O-])c3)sc2c1. The van der Waals surface area contributed by atoms with Crippen molar-refractivity contribution in [3.05, 3.63) is 98.8 Å². The first kappa shape index (κ1) is 24.3. The maximum absolute atomic E-state index is 12.8. The quantitative estimate of drug-likeness (QED) is 0.217. The Bertz CT molecular complexity index is 1630. The molecule has 10 nitrogen and oxygen atoms in total. The van der Waals surface area contributed by atoms with Gasteiger partial charge in [0.25, 0.3) is 11.6 Å². The van der Waals surface area contributed by atoms with Gasteiger partial charge in [-0.05, 0) is 42.0 Å². The molecule has 2 aromatic heterocycles. The van der Waals surface area contributed by atoms with Crippen molar-refractivity contribution in [2.75, 3.05) is 7.11 Å². The standard InChI is InChI=1S/C25H19ClN6O4S/c1-36-19-6-8-21-23(11-19)37-25(28-21)16-5-7-20(22(10-16)32(34)35)24(33)27-12-18-14-31(30-29-18)13-15-3-2-4-17(26)9-15/h2-11,14H,12-13H2,1H3,(H,27,33). The lowest BCUT2D eigenvalue weighted by Gasteiger charge is -2.06. The normalized spacial score (nSPS) is 11.0. The molecular formula is C25H19ClN6O4S. The third-order valence-electron chi connectivity index (χ3n) is 5.53. The van der Waals surface area contributed by atoms with Crippen LogP contribution < -0.4 is 10.1 Å². The number of carbonyl (C=O) groups is 1. The first-order chi connectivity index (χ1) is 17.9. The first-order valence-corrected chi connectivity index (χ1v) is 12.2. The molecule has 0 spiro atoms. The summed E-state index contributed by atoms with van der Waals surface area (Å²) in [5.41, 5.74) is 2.41. The monoisotopic (exact) mass is 534 g/mol. The van der Waals surface area contributed by atoms with E-state index in [1.807, 2.05) is 30.3 Å². The highest BCUT2D eigenvalue weighted by atomic mass is 35.5. The molecule has 0 aliphatic carbocycles. The number of nitrogens with one attached hydrogen (secondary N) is 1. The highest BCUT2D eigenvalue weighted by molar-refractivity contribution is 7.21. The van der Waals surface area contributed by atoms with Gasteiger partial charge in [0, 0.05) is 16.7 Å². The summed E-state index contributed by atoms with van der Waals surface area (Å²) in [5, 5.41) is 23.8. The fraction of sp³-hybridized carbons (Fsp3) is 0.120. The van der Waals surface area contributed by atoms with E-state index >= 15 is 0 Å². The van der Waals surface area contributed by atoms with Gasteiger partial charge in [0.15, 0.2) is 0 Å². The summed E-state index contributed by atoms with van der Waals surface area (Å²) in [7, 11) is 1.58. The third kappa shape index (κ3) is 5.42. The summed E-state index contributed by atoms with van der Waals surface area (Å²) < 4.78 is 7.76. The fourth-order valence-corrected chi connectivity index (χ4v) is 4.95. The molecule has 0 aliphatic heterocycles. The summed E-state index contributed by atoms with van der Waals surface area (Å²) in [5.74, 6) is 0.113. The van der Waals surface area contributed by atoms with Crippen LogP contribution in [0.4, 0.5) is 5.69 Å². The number of hydrogen-bond acceptors (Lipinski definition) is 8. The van der Waals surface area contributed by atoms with Gasteiger partial charge in [-0.15, -0.1) is 16.4 Å². The van der Waals surface area contributed by atoms with Crippen molar-refractivity contribution in [3.63, 3.8) is 0 Å². The lowest BCUT2D eigenvalue weighted by molar-refractivity contribution is -0.385. The Hall–Kier alpha value is -4.35. The number of thiazole rings is 1. The molecule has 0 bridgehead atoms. The predicted molar refractivity (Wildman–Crippen MR) is 140 cm³/mol. The topological polar surface area (TPSA) is 125 Å². The summed E-state index contributed by atoms with van der Waals surface area (Å²) in [6, 6.07) is 17.3. The summed E-state index contributed by atoms with van der Waals surface area (Å²) in [4.78, 5) is 28.6. The predicted octanol–water partition coefficient (Wildman–Crippen LogP) is 5.10. The number of nitrogens with zero attached hydrogens (tertiary/aromatic N) is 5. The van der Waals surface area contributed by atoms with Gasteiger partial charge in [-0.3, -0.25) is 14.9 Å². The fourth-order valence-electron chi connectivity index (χ4n) is 3.75. The molecule has 5 rings (SSSR count). The molecule has 1 amide bonds. The Morgan fingerprint density at radius 1 is 1.19 bits per heavy atom. The van der Waals surface area contributed by atoms with Gasteiger partial charge < -0.3 is 10.1 Å². The van der Waals surface area contributed by atoms with Crippen LogP contribution in [0.5, 0.6) is 5.75 Å². The van der Waals surface area contributed by atoms with Crippen LogP contribution >= 0.6 is 22.9 Å². The summed E-state index contributed by atoms with van der Waals surface area (Å²) in [6.45, 7) is 0.528. The number of nitro groups is 1. The third-order valence-corrected chi connectivity index (χ3v) is 6.83. The van der Waals surface area contributed by atoms with Crippen LogP contribution in [0.3, 0.4) is 0 Å². The van der Waals surface area contributed by atoms with Gasteiger partial charge in [-0.1, -0.05) is 35.0 Å². The van der Waals surface area contributed by atoms with Crippen molar-refractivity contribution in [3.8, 4) is 16.3 Å². The van der Waals surface area contributed by atoms with E-state index in [1.54, 1.807) is 36.2 Å². The molecule has 0 aliphatic rings. The second-order valence-corrected chi connectivity index (χ2v) is 9.53. The van der Waals surface area contributed by atoms with Crippen LogP contribution in [-0.4, -0.2) is 37.9 Å². The Kier molecular flexibility index (Phi) is 6.80. The molecule has 0 saturated heterocycles. The molecule has 37 heavy (non-hydrogen) atoms. The second-order valence-electron chi connectivity index (χ2n) is 8.06. The van der Waals surface area contributed by atoms with Crippen LogP contribution in [0.2, 0.25) is 5.02 Å². The molecule has 5 aromatic rings.